The van der Waals surface area contributed by atoms with Crippen LogP contribution >= 0.6 is 0 Å². The molecule has 31 heavy (non-hydrogen) atoms. The van der Waals surface area contributed by atoms with Crippen molar-refractivity contribution in [2.75, 3.05) is 0 Å². The second-order valence-corrected chi connectivity index (χ2v) is 9.78. The molecule has 1 aromatic heterocycles. The maximum Gasteiger partial charge on any atom is 0.335 e. The minimum Gasteiger partial charge on any atom is -0.478 e. The summed E-state index contributed by atoms with van der Waals surface area (Å²) in [5.41, 5.74) is 6.04. The van der Waals surface area contributed by atoms with E-state index in [0.29, 0.717) is 18.0 Å². The molecular formula is C27H27NO3. The molecule has 2 unspecified atom stereocenters. The first-order chi connectivity index (χ1) is 15.0. The molecule has 158 valence electrons. The highest BCUT2D eigenvalue weighted by atomic mass is 16.4. The second-order valence-electron chi connectivity index (χ2n) is 9.78. The van der Waals surface area contributed by atoms with Crippen LogP contribution in [-0.2, 0) is 11.3 Å². The highest BCUT2D eigenvalue weighted by Gasteiger charge is 2.60. The lowest BCUT2D eigenvalue weighted by Gasteiger charge is -2.24. The van der Waals surface area contributed by atoms with E-state index in [1.807, 2.05) is 12.1 Å². The van der Waals surface area contributed by atoms with Crippen molar-refractivity contribution in [1.82, 2.24) is 4.57 Å². The Morgan fingerprint density at radius 1 is 1.06 bits per heavy atom. The molecule has 6 rings (SSSR count). The molecule has 3 aliphatic rings. The summed E-state index contributed by atoms with van der Waals surface area (Å²) < 4.78 is 2.30. The molecule has 1 aliphatic heterocycles. The summed E-state index contributed by atoms with van der Waals surface area (Å²) in [6, 6.07) is 14.2. The Balaban J connectivity index is 1.70. The fourth-order valence-corrected chi connectivity index (χ4v) is 6.46. The van der Waals surface area contributed by atoms with E-state index in [0.717, 1.165) is 11.9 Å². The van der Waals surface area contributed by atoms with E-state index < -0.39 is 5.97 Å². The molecule has 2 aliphatic carbocycles. The topological polar surface area (TPSA) is 59.3 Å². The number of hydrogen-bond donors (Lipinski definition) is 1. The minimum absolute atomic E-state index is 0.246. The highest BCUT2D eigenvalue weighted by Crippen LogP contribution is 2.65. The molecule has 2 aromatic carbocycles. The van der Waals surface area contributed by atoms with Crippen LogP contribution in [0.2, 0.25) is 0 Å². The summed E-state index contributed by atoms with van der Waals surface area (Å²) in [5.74, 6) is 0.0869. The Kier molecular flexibility index (Phi) is 3.99. The van der Waals surface area contributed by atoms with E-state index in [9.17, 15) is 14.7 Å². The first-order valence-corrected chi connectivity index (χ1v) is 11.5. The van der Waals surface area contributed by atoms with Crippen LogP contribution in [0.4, 0.5) is 0 Å². The van der Waals surface area contributed by atoms with Crippen molar-refractivity contribution >= 4 is 22.7 Å². The number of carboxylic acids is 1. The van der Waals surface area contributed by atoms with Crippen molar-refractivity contribution < 1.29 is 14.7 Å². The number of fused-ring (bicyclic) bond motifs is 7. The lowest BCUT2D eigenvalue weighted by atomic mass is 9.81. The summed E-state index contributed by atoms with van der Waals surface area (Å²) in [6.45, 7) is 2.37. The molecule has 1 N–H and O–H groups in total. The highest BCUT2D eigenvalue weighted by molar-refractivity contribution is 5.99. The molecule has 4 heteroatoms. The van der Waals surface area contributed by atoms with Crippen molar-refractivity contribution in [2.24, 2.45) is 5.41 Å². The number of ketones is 1. The van der Waals surface area contributed by atoms with Gasteiger partial charge in [-0.25, -0.2) is 4.79 Å². The van der Waals surface area contributed by atoms with Crippen LogP contribution in [0, 0.1) is 5.41 Å². The largest absolute Gasteiger partial charge is 0.478 e. The Morgan fingerprint density at radius 3 is 2.58 bits per heavy atom. The van der Waals surface area contributed by atoms with Crippen LogP contribution in [0.25, 0.3) is 22.2 Å². The van der Waals surface area contributed by atoms with Gasteiger partial charge in [0.2, 0.25) is 0 Å². The number of hydrogen-bond acceptors (Lipinski definition) is 2. The fraction of sp³-hybridized carbons (Fsp3) is 0.407. The zero-order valence-electron chi connectivity index (χ0n) is 17.9. The van der Waals surface area contributed by atoms with Gasteiger partial charge in [0.25, 0.3) is 0 Å². The van der Waals surface area contributed by atoms with Crippen molar-refractivity contribution in [3.05, 3.63) is 59.2 Å². The van der Waals surface area contributed by atoms with Gasteiger partial charge in [0.05, 0.1) is 16.7 Å². The van der Waals surface area contributed by atoms with Gasteiger partial charge in [-0.3, -0.25) is 4.79 Å². The van der Waals surface area contributed by atoms with E-state index in [-0.39, 0.29) is 17.1 Å². The predicted molar refractivity (Wildman–Crippen MR) is 121 cm³/mol. The number of carboxylic acid groups (broad SMARTS) is 1. The number of carbonyl (C=O) groups excluding carboxylic acids is 1. The van der Waals surface area contributed by atoms with Crippen molar-refractivity contribution in [1.29, 1.82) is 0 Å². The van der Waals surface area contributed by atoms with Crippen LogP contribution in [0.15, 0.2) is 42.5 Å². The van der Waals surface area contributed by atoms with Crippen LogP contribution in [0.5, 0.6) is 0 Å². The van der Waals surface area contributed by atoms with Crippen LogP contribution in [0.3, 0.4) is 0 Å². The molecule has 2 saturated carbocycles. The molecule has 0 radical (unpaired) electrons. The number of nitrogens with zero attached hydrogens (tertiary/aromatic N) is 1. The summed E-state index contributed by atoms with van der Waals surface area (Å²) in [4.78, 5) is 24.6. The van der Waals surface area contributed by atoms with Gasteiger partial charge < -0.3 is 9.67 Å². The maximum atomic E-state index is 12.8. The van der Waals surface area contributed by atoms with E-state index in [1.165, 1.54) is 59.9 Å². The molecule has 0 saturated heterocycles. The van der Waals surface area contributed by atoms with Gasteiger partial charge in [-0.05, 0) is 61.3 Å². The van der Waals surface area contributed by atoms with Gasteiger partial charge in [-0.15, -0.1) is 0 Å². The van der Waals surface area contributed by atoms with Gasteiger partial charge in [0.1, 0.15) is 5.78 Å². The van der Waals surface area contributed by atoms with Gasteiger partial charge in [-0.1, -0.05) is 49.6 Å². The maximum absolute atomic E-state index is 12.8. The second kappa shape index (κ2) is 6.56. The van der Waals surface area contributed by atoms with Gasteiger partial charge >= 0.3 is 5.97 Å². The van der Waals surface area contributed by atoms with Crippen molar-refractivity contribution in [3.8, 4) is 11.3 Å². The quantitative estimate of drug-likeness (QED) is 0.562. The number of aromatic nitrogens is 1. The van der Waals surface area contributed by atoms with Crippen LogP contribution in [-0.4, -0.2) is 21.4 Å². The zero-order chi connectivity index (χ0) is 21.3. The standard InChI is InChI=1S/C27H27NO3/c1-16(29)27-14-22(27)19-9-5-6-10-20(19)25-24(17-7-3-2-4-8-17)21-12-11-18(26(30)31)13-23(21)28(25)15-27/h5-6,9-13,17,22H,2-4,7-8,14-15H2,1H3,(H,30,31). The Bertz CT molecular complexity index is 1250. The molecule has 0 amide bonds. The number of aromatic carboxylic acids is 1. The molecule has 3 aromatic rings. The zero-order valence-corrected chi connectivity index (χ0v) is 17.9. The SMILES string of the molecule is CC(=O)C12CC1c1ccccc1-c1c(C3CCCCC3)c3ccc(C(=O)O)cc3n1C2. The first-order valence-electron chi connectivity index (χ1n) is 11.5. The Hall–Kier alpha value is -2.88. The Labute approximate surface area is 181 Å². The van der Waals surface area contributed by atoms with E-state index >= 15 is 0 Å². The third-order valence-corrected chi connectivity index (χ3v) is 8.17. The summed E-state index contributed by atoms with van der Waals surface area (Å²) >= 11 is 0. The summed E-state index contributed by atoms with van der Waals surface area (Å²) in [6.07, 6.45) is 7.01. The monoisotopic (exact) mass is 413 g/mol. The molecule has 4 nitrogen and oxygen atoms in total. The fourth-order valence-electron chi connectivity index (χ4n) is 6.46. The normalized spacial score (nSPS) is 24.7. The van der Waals surface area contributed by atoms with Crippen molar-refractivity contribution in [3.63, 3.8) is 0 Å². The van der Waals surface area contributed by atoms with Crippen molar-refractivity contribution in [2.45, 2.75) is 63.8 Å². The summed E-state index contributed by atoms with van der Waals surface area (Å²) in [7, 11) is 0. The molecule has 2 atom stereocenters. The average Bonchev–Trinajstić information content (AvgIpc) is 3.45. The lowest BCUT2D eigenvalue weighted by molar-refractivity contribution is -0.122. The number of rotatable bonds is 3. The van der Waals surface area contributed by atoms with Gasteiger partial charge in [0.15, 0.2) is 0 Å². The molecule has 2 fully saturated rings. The third kappa shape index (κ3) is 2.60. The third-order valence-electron chi connectivity index (χ3n) is 8.17. The molecule has 0 bridgehead atoms. The van der Waals surface area contributed by atoms with E-state index in [2.05, 4.69) is 28.8 Å². The minimum atomic E-state index is -0.906. The number of benzene rings is 2. The van der Waals surface area contributed by atoms with Crippen LogP contribution in [0.1, 0.15) is 78.8 Å². The predicted octanol–water partition coefficient (Wildman–Crippen LogP) is 6.13. The summed E-state index contributed by atoms with van der Waals surface area (Å²) in [5, 5.41) is 10.8. The first kappa shape index (κ1) is 18.9. The number of carbonyl (C=O) groups is 2. The Morgan fingerprint density at radius 2 is 1.84 bits per heavy atom. The smallest absolute Gasteiger partial charge is 0.335 e. The van der Waals surface area contributed by atoms with E-state index in [1.54, 1.807) is 13.0 Å². The van der Waals surface area contributed by atoms with Crippen LogP contribution < -0.4 is 0 Å². The molecular weight excluding hydrogens is 386 g/mol. The van der Waals surface area contributed by atoms with Gasteiger partial charge in [-0.2, -0.15) is 0 Å². The molecule has 2 heterocycles. The molecule has 0 spiro atoms. The number of Topliss-reactive ketones (excluding diaryl/α,β-unsaturated/α-hetero) is 1. The van der Waals surface area contributed by atoms with Gasteiger partial charge in [0, 0.05) is 23.0 Å². The lowest BCUT2D eigenvalue weighted by Crippen LogP contribution is -2.21. The average molecular weight is 414 g/mol. The van der Waals surface area contributed by atoms with E-state index in [4.69, 9.17) is 0 Å².